The number of hydrogen-bond donors (Lipinski definition) is 1. The Hall–Kier alpha value is -3.05. The fraction of sp³-hybridized carbons (Fsp3) is 0.333. The number of amides is 3. The van der Waals surface area contributed by atoms with Crippen molar-refractivity contribution in [2.24, 2.45) is 0 Å². The van der Waals surface area contributed by atoms with E-state index in [4.69, 9.17) is 11.3 Å². The maximum atomic E-state index is 12.4. The Bertz CT molecular complexity index is 843. The van der Waals surface area contributed by atoms with E-state index in [1.54, 1.807) is 0 Å². The molecule has 0 atom stereocenters. The molecule has 1 aliphatic rings. The second-order valence-corrected chi connectivity index (χ2v) is 6.82. The molecule has 152 valence electrons. The van der Waals surface area contributed by atoms with Gasteiger partial charge in [0.1, 0.15) is 0 Å². The van der Waals surface area contributed by atoms with Gasteiger partial charge in [0.25, 0.3) is 11.8 Å². The molecule has 0 aromatic heterocycles. The minimum absolute atomic E-state index is 0.0386. The van der Waals surface area contributed by atoms with Crippen molar-refractivity contribution >= 4 is 42.4 Å². The molecule has 0 N–H and O–H groups in total. The van der Waals surface area contributed by atoms with E-state index < -0.39 is 17.8 Å². The second-order valence-electron chi connectivity index (χ2n) is 6.34. The zero-order valence-corrected chi connectivity index (χ0v) is 16.8. The zero-order valence-electron chi connectivity index (χ0n) is 15.9. The highest BCUT2D eigenvalue weighted by atomic mass is 32.1. The van der Waals surface area contributed by atoms with Gasteiger partial charge in [0.05, 0.1) is 6.54 Å². The van der Waals surface area contributed by atoms with Crippen LogP contribution in [0.4, 0.5) is 0 Å². The van der Waals surface area contributed by atoms with E-state index >= 15 is 0 Å². The first-order chi connectivity index (χ1) is 13.9. The number of imide groups is 1. The Morgan fingerprint density at radius 2 is 1.90 bits per heavy atom. The van der Waals surface area contributed by atoms with Gasteiger partial charge >= 0.3 is 5.97 Å². The molecular weight excluding hydrogens is 392 g/mol. The van der Waals surface area contributed by atoms with Crippen LogP contribution in [0.25, 0.3) is 6.08 Å². The number of rotatable bonds is 9. The third-order valence-corrected chi connectivity index (χ3v) is 4.57. The molecule has 0 bridgehead atoms. The summed E-state index contributed by atoms with van der Waals surface area (Å²) in [6.07, 6.45) is 9.33. The van der Waals surface area contributed by atoms with E-state index in [2.05, 4.69) is 18.5 Å². The van der Waals surface area contributed by atoms with E-state index in [0.717, 1.165) is 10.5 Å². The lowest BCUT2D eigenvalue weighted by molar-refractivity contribution is -0.197. The van der Waals surface area contributed by atoms with Gasteiger partial charge in [-0.2, -0.15) is 0 Å². The highest BCUT2D eigenvalue weighted by molar-refractivity contribution is 7.80. The summed E-state index contributed by atoms with van der Waals surface area (Å²) in [6, 6.07) is 7.56. The lowest BCUT2D eigenvalue weighted by Gasteiger charge is -2.18. The summed E-state index contributed by atoms with van der Waals surface area (Å²) in [7, 11) is 0. The normalized spacial score (nSPS) is 13.6. The topological polar surface area (TPSA) is 84.0 Å². The molecule has 29 heavy (non-hydrogen) atoms. The van der Waals surface area contributed by atoms with Crippen molar-refractivity contribution in [3.05, 3.63) is 35.9 Å². The van der Waals surface area contributed by atoms with E-state index in [0.29, 0.717) is 11.6 Å². The van der Waals surface area contributed by atoms with Gasteiger partial charge in [0, 0.05) is 37.1 Å². The molecule has 8 heteroatoms. The number of thiol groups is 1. The Kier molecular flexibility index (Phi) is 8.49. The zero-order chi connectivity index (χ0) is 21.2. The third-order valence-electron chi connectivity index (χ3n) is 4.17. The number of carbonyl (C=O) groups is 4. The number of carbonyl (C=O) groups excluding carboxylic acids is 4. The predicted molar refractivity (Wildman–Crippen MR) is 109 cm³/mol. The molecule has 0 radical (unpaired) electrons. The quantitative estimate of drug-likeness (QED) is 0.381. The molecule has 1 aromatic carbocycles. The van der Waals surface area contributed by atoms with Crippen molar-refractivity contribution in [2.45, 2.75) is 37.0 Å². The highest BCUT2D eigenvalue weighted by Gasteiger charge is 2.32. The first-order valence-corrected chi connectivity index (χ1v) is 9.59. The summed E-state index contributed by atoms with van der Waals surface area (Å²) in [6.45, 7) is 0.472. The van der Waals surface area contributed by atoms with Gasteiger partial charge in [-0.1, -0.05) is 36.3 Å². The summed E-state index contributed by atoms with van der Waals surface area (Å²) in [5.41, 5.74) is 0.928. The lowest BCUT2D eigenvalue weighted by Crippen LogP contribution is -2.33. The van der Waals surface area contributed by atoms with Crippen LogP contribution in [0.5, 0.6) is 0 Å². The van der Waals surface area contributed by atoms with Gasteiger partial charge in [0.15, 0.2) is 0 Å². The Morgan fingerprint density at radius 1 is 1.21 bits per heavy atom. The Morgan fingerprint density at radius 3 is 2.55 bits per heavy atom. The van der Waals surface area contributed by atoms with Crippen molar-refractivity contribution in [3.8, 4) is 12.3 Å². The molecule has 1 aliphatic heterocycles. The average Bonchev–Trinajstić information content (AvgIpc) is 3.00. The Balaban J connectivity index is 1.79. The summed E-state index contributed by atoms with van der Waals surface area (Å²) >= 11 is 4.37. The Labute approximate surface area is 175 Å². The molecule has 1 aromatic rings. The van der Waals surface area contributed by atoms with Gasteiger partial charge in [-0.05, 0) is 18.1 Å². The molecule has 0 spiro atoms. The van der Waals surface area contributed by atoms with Gasteiger partial charge in [-0.15, -0.1) is 24.1 Å². The molecule has 2 rings (SSSR count). The summed E-state index contributed by atoms with van der Waals surface area (Å²) in [5, 5.41) is 0.499. The first-order valence-electron chi connectivity index (χ1n) is 9.14. The average molecular weight is 414 g/mol. The van der Waals surface area contributed by atoms with Gasteiger partial charge in [0.2, 0.25) is 5.91 Å². The minimum atomic E-state index is -0.727. The smallest absolute Gasteiger partial charge is 0.330 e. The summed E-state index contributed by atoms with van der Waals surface area (Å²) in [5.74, 6) is 0.455. The number of benzene rings is 1. The maximum absolute atomic E-state index is 12.4. The highest BCUT2D eigenvalue weighted by Crippen LogP contribution is 2.15. The van der Waals surface area contributed by atoms with Crippen molar-refractivity contribution in [1.82, 2.24) is 9.96 Å². The molecule has 3 amide bonds. The maximum Gasteiger partial charge on any atom is 0.333 e. The number of nitrogens with zero attached hydrogens (tertiary/aromatic N) is 2. The van der Waals surface area contributed by atoms with Gasteiger partial charge in [-0.25, -0.2) is 4.79 Å². The summed E-state index contributed by atoms with van der Waals surface area (Å²) < 4.78 is 0. The monoisotopic (exact) mass is 414 g/mol. The van der Waals surface area contributed by atoms with E-state index in [-0.39, 0.29) is 44.6 Å². The minimum Gasteiger partial charge on any atom is -0.330 e. The molecular formula is C21H22N2O5S. The van der Waals surface area contributed by atoms with Crippen LogP contribution in [0.3, 0.4) is 0 Å². The molecule has 1 heterocycles. The van der Waals surface area contributed by atoms with Crippen LogP contribution in [0, 0.1) is 12.3 Å². The van der Waals surface area contributed by atoms with Crippen molar-refractivity contribution < 1.29 is 24.0 Å². The SMILES string of the molecule is C#CCN(C/C=C/c1ccccc1S)C(=O)CCCC(=O)ON1C(=O)CCC1=O. The van der Waals surface area contributed by atoms with Crippen LogP contribution >= 0.6 is 12.6 Å². The van der Waals surface area contributed by atoms with Crippen molar-refractivity contribution in [1.29, 1.82) is 0 Å². The summed E-state index contributed by atoms with van der Waals surface area (Å²) in [4.78, 5) is 54.1. The molecule has 7 nitrogen and oxygen atoms in total. The van der Waals surface area contributed by atoms with Crippen molar-refractivity contribution in [3.63, 3.8) is 0 Å². The van der Waals surface area contributed by atoms with E-state index in [9.17, 15) is 19.2 Å². The molecule has 1 saturated heterocycles. The van der Waals surface area contributed by atoms with E-state index in [1.807, 2.05) is 36.4 Å². The standard InChI is InChI=1S/C21H22N2O5S/c1-2-14-22(15-6-8-16-7-3-4-9-17(16)29)18(24)10-5-11-21(27)28-23-19(25)12-13-20(23)26/h1,3-4,6-9,29H,5,10-15H2/b8-6+. The van der Waals surface area contributed by atoms with Crippen LogP contribution in [-0.2, 0) is 24.0 Å². The van der Waals surface area contributed by atoms with Gasteiger partial charge < -0.3 is 9.74 Å². The number of terminal acetylenes is 1. The van der Waals surface area contributed by atoms with Crippen LogP contribution in [-0.4, -0.2) is 46.7 Å². The molecule has 0 unspecified atom stereocenters. The number of hydrogen-bond acceptors (Lipinski definition) is 6. The largest absolute Gasteiger partial charge is 0.333 e. The third kappa shape index (κ3) is 6.80. The molecule has 0 aliphatic carbocycles. The number of hydroxylamine groups is 2. The van der Waals surface area contributed by atoms with E-state index in [1.165, 1.54) is 4.90 Å². The van der Waals surface area contributed by atoms with Crippen LogP contribution < -0.4 is 0 Å². The predicted octanol–water partition coefficient (Wildman–Crippen LogP) is 2.23. The lowest BCUT2D eigenvalue weighted by atomic mass is 10.2. The molecule has 1 fully saturated rings. The fourth-order valence-electron chi connectivity index (χ4n) is 2.65. The first kappa shape index (κ1) is 22.2. The van der Waals surface area contributed by atoms with Crippen molar-refractivity contribution in [2.75, 3.05) is 13.1 Å². The van der Waals surface area contributed by atoms with Crippen LogP contribution in [0.2, 0.25) is 0 Å². The fourth-order valence-corrected chi connectivity index (χ4v) is 2.88. The van der Waals surface area contributed by atoms with Crippen LogP contribution in [0.15, 0.2) is 35.2 Å². The van der Waals surface area contributed by atoms with Crippen LogP contribution in [0.1, 0.15) is 37.7 Å². The molecule has 0 saturated carbocycles. The second kappa shape index (κ2) is 11.1. The van der Waals surface area contributed by atoms with Gasteiger partial charge in [-0.3, -0.25) is 14.4 Å².